The summed E-state index contributed by atoms with van der Waals surface area (Å²) in [5.41, 5.74) is 3.89. The summed E-state index contributed by atoms with van der Waals surface area (Å²) in [5.74, 6) is 0.528. The van der Waals surface area contributed by atoms with Gasteiger partial charge in [0.15, 0.2) is 5.16 Å². The van der Waals surface area contributed by atoms with E-state index in [4.69, 9.17) is 4.98 Å². The van der Waals surface area contributed by atoms with Gasteiger partial charge in [0, 0.05) is 22.0 Å². The molecule has 0 N–H and O–H groups in total. The van der Waals surface area contributed by atoms with Crippen molar-refractivity contribution in [3.8, 4) is 16.9 Å². The average molecular weight is 439 g/mol. The third-order valence-electron chi connectivity index (χ3n) is 4.11. The molecule has 1 aromatic heterocycles. The van der Waals surface area contributed by atoms with Gasteiger partial charge in [-0.05, 0) is 35.9 Å². The van der Waals surface area contributed by atoms with Crippen LogP contribution in [0.2, 0.25) is 0 Å². The molecule has 0 spiro atoms. The lowest BCUT2D eigenvalue weighted by Gasteiger charge is -2.07. The highest BCUT2D eigenvalue weighted by Crippen LogP contribution is 2.29. The van der Waals surface area contributed by atoms with E-state index in [1.807, 2.05) is 59.3 Å². The van der Waals surface area contributed by atoms with Crippen molar-refractivity contribution in [3.63, 3.8) is 0 Å². The van der Waals surface area contributed by atoms with Crippen LogP contribution in [0.15, 0.2) is 94.7 Å². The van der Waals surface area contributed by atoms with Gasteiger partial charge in [-0.1, -0.05) is 76.2 Å². The Balaban J connectivity index is 1.69. The number of hydrogen-bond acceptors (Lipinski definition) is 2. The molecular formula is C22H16BrFN2S. The van der Waals surface area contributed by atoms with Crippen molar-refractivity contribution in [2.75, 3.05) is 0 Å². The Morgan fingerprint density at radius 3 is 2.44 bits per heavy atom. The molecule has 5 heteroatoms. The van der Waals surface area contributed by atoms with Gasteiger partial charge in [-0.15, -0.1) is 0 Å². The first kappa shape index (κ1) is 18.0. The monoisotopic (exact) mass is 438 g/mol. The molecule has 1 heterocycles. The summed E-state index contributed by atoms with van der Waals surface area (Å²) < 4.78 is 16.8. The predicted molar refractivity (Wildman–Crippen MR) is 113 cm³/mol. The molecule has 134 valence electrons. The molecule has 0 saturated carbocycles. The highest BCUT2D eigenvalue weighted by molar-refractivity contribution is 9.10. The van der Waals surface area contributed by atoms with E-state index in [9.17, 15) is 4.39 Å². The second kappa shape index (κ2) is 8.11. The first-order valence-corrected chi connectivity index (χ1v) is 10.2. The third-order valence-corrected chi connectivity index (χ3v) is 5.66. The van der Waals surface area contributed by atoms with Crippen LogP contribution in [0, 0.1) is 5.82 Å². The summed E-state index contributed by atoms with van der Waals surface area (Å²) in [7, 11) is 0. The molecule has 3 aromatic carbocycles. The Hall–Kier alpha value is -2.37. The molecule has 0 amide bonds. The lowest BCUT2D eigenvalue weighted by atomic mass is 10.2. The number of imidazole rings is 1. The van der Waals surface area contributed by atoms with Gasteiger partial charge in [0.25, 0.3) is 0 Å². The first-order chi connectivity index (χ1) is 13.2. The number of thioether (sulfide) groups is 1. The van der Waals surface area contributed by atoms with Gasteiger partial charge in [0.1, 0.15) is 5.82 Å². The molecule has 0 unspecified atom stereocenters. The zero-order valence-electron chi connectivity index (χ0n) is 14.3. The fraction of sp³-hybridized carbons (Fsp3) is 0.0455. The van der Waals surface area contributed by atoms with Crippen molar-refractivity contribution in [2.45, 2.75) is 10.9 Å². The minimum absolute atomic E-state index is 0.258. The lowest BCUT2D eigenvalue weighted by molar-refractivity contribution is 0.626. The summed E-state index contributed by atoms with van der Waals surface area (Å²) in [4.78, 5) is 4.81. The van der Waals surface area contributed by atoms with Crippen molar-refractivity contribution in [2.24, 2.45) is 0 Å². The van der Waals surface area contributed by atoms with Gasteiger partial charge < -0.3 is 0 Å². The number of aromatic nitrogens is 2. The van der Waals surface area contributed by atoms with Crippen LogP contribution in [0.3, 0.4) is 0 Å². The molecule has 0 aliphatic rings. The van der Waals surface area contributed by atoms with Gasteiger partial charge in [-0.3, -0.25) is 4.57 Å². The molecule has 0 saturated heterocycles. The molecule has 0 radical (unpaired) electrons. The van der Waals surface area contributed by atoms with Crippen LogP contribution < -0.4 is 0 Å². The topological polar surface area (TPSA) is 17.8 Å². The average Bonchev–Trinajstić information content (AvgIpc) is 3.13. The maximum absolute atomic E-state index is 13.8. The lowest BCUT2D eigenvalue weighted by Crippen LogP contribution is -1.95. The number of rotatable bonds is 5. The van der Waals surface area contributed by atoms with E-state index in [0.717, 1.165) is 32.3 Å². The van der Waals surface area contributed by atoms with E-state index in [0.29, 0.717) is 0 Å². The van der Waals surface area contributed by atoms with E-state index in [1.165, 1.54) is 17.7 Å². The standard InChI is InChI=1S/C22H16BrFN2S/c23-18-11-9-16(10-12-18)15-27-22-25-21(17-5-2-1-3-6-17)14-26(22)20-8-4-7-19(24)13-20/h1-14H,15H2. The molecule has 0 aliphatic heterocycles. The Morgan fingerprint density at radius 1 is 0.926 bits per heavy atom. The van der Waals surface area contributed by atoms with Crippen LogP contribution >= 0.6 is 27.7 Å². The number of halogens is 2. The van der Waals surface area contributed by atoms with Gasteiger partial charge >= 0.3 is 0 Å². The van der Waals surface area contributed by atoms with Crippen molar-refractivity contribution in [1.29, 1.82) is 0 Å². The molecular weight excluding hydrogens is 423 g/mol. The fourth-order valence-corrected chi connectivity index (χ4v) is 3.97. The smallest absolute Gasteiger partial charge is 0.173 e. The van der Waals surface area contributed by atoms with E-state index in [2.05, 4.69) is 28.1 Å². The molecule has 0 bridgehead atoms. The van der Waals surface area contributed by atoms with Gasteiger partial charge in [0.2, 0.25) is 0 Å². The van der Waals surface area contributed by atoms with E-state index < -0.39 is 0 Å². The van der Waals surface area contributed by atoms with E-state index >= 15 is 0 Å². The quantitative estimate of drug-likeness (QED) is 0.321. The zero-order valence-corrected chi connectivity index (χ0v) is 16.8. The number of hydrogen-bond donors (Lipinski definition) is 0. The predicted octanol–water partition coefficient (Wildman–Crippen LogP) is 6.73. The van der Waals surface area contributed by atoms with Gasteiger partial charge in [-0.25, -0.2) is 9.37 Å². The van der Waals surface area contributed by atoms with Crippen LogP contribution in [0.5, 0.6) is 0 Å². The largest absolute Gasteiger partial charge is 0.294 e. The SMILES string of the molecule is Fc1cccc(-n2cc(-c3ccccc3)nc2SCc2ccc(Br)cc2)c1. The minimum atomic E-state index is -0.258. The van der Waals surface area contributed by atoms with Crippen molar-refractivity contribution >= 4 is 27.7 Å². The minimum Gasteiger partial charge on any atom is -0.294 e. The Kier molecular flexibility index (Phi) is 5.41. The van der Waals surface area contributed by atoms with Crippen molar-refractivity contribution in [1.82, 2.24) is 9.55 Å². The fourth-order valence-electron chi connectivity index (χ4n) is 2.75. The molecule has 0 fully saturated rings. The normalized spacial score (nSPS) is 10.9. The number of benzene rings is 3. The summed E-state index contributed by atoms with van der Waals surface area (Å²) in [6.07, 6.45) is 1.97. The third kappa shape index (κ3) is 4.31. The van der Waals surface area contributed by atoms with Gasteiger partial charge in [-0.2, -0.15) is 0 Å². The van der Waals surface area contributed by atoms with Gasteiger partial charge in [0.05, 0.1) is 11.4 Å². The maximum Gasteiger partial charge on any atom is 0.173 e. The summed E-state index contributed by atoms with van der Waals surface area (Å²) in [6, 6.07) is 24.9. The van der Waals surface area contributed by atoms with Crippen LogP contribution in [-0.2, 0) is 5.75 Å². The van der Waals surface area contributed by atoms with E-state index in [1.54, 1.807) is 17.8 Å². The van der Waals surface area contributed by atoms with Crippen LogP contribution in [0.25, 0.3) is 16.9 Å². The summed E-state index contributed by atoms with van der Waals surface area (Å²) in [6.45, 7) is 0. The maximum atomic E-state index is 13.8. The second-order valence-electron chi connectivity index (χ2n) is 6.04. The number of nitrogens with zero attached hydrogens (tertiary/aromatic N) is 2. The first-order valence-electron chi connectivity index (χ1n) is 8.47. The molecule has 0 aliphatic carbocycles. The van der Waals surface area contributed by atoms with Crippen LogP contribution in [0.4, 0.5) is 4.39 Å². The molecule has 4 aromatic rings. The molecule has 27 heavy (non-hydrogen) atoms. The molecule has 4 rings (SSSR count). The zero-order chi connectivity index (χ0) is 18.6. The highest BCUT2D eigenvalue weighted by Gasteiger charge is 2.12. The van der Waals surface area contributed by atoms with Crippen molar-refractivity contribution < 1.29 is 4.39 Å². The summed E-state index contributed by atoms with van der Waals surface area (Å²) >= 11 is 5.10. The molecule has 0 atom stereocenters. The Morgan fingerprint density at radius 2 is 1.70 bits per heavy atom. The van der Waals surface area contributed by atoms with Crippen LogP contribution in [0.1, 0.15) is 5.56 Å². The van der Waals surface area contributed by atoms with Crippen LogP contribution in [-0.4, -0.2) is 9.55 Å². The summed E-state index contributed by atoms with van der Waals surface area (Å²) in [5, 5.41) is 0.836. The van der Waals surface area contributed by atoms with E-state index in [-0.39, 0.29) is 5.82 Å². The molecule has 2 nitrogen and oxygen atoms in total. The highest BCUT2D eigenvalue weighted by atomic mass is 79.9. The Labute approximate surface area is 170 Å². The Bertz CT molecular complexity index is 1050. The second-order valence-corrected chi connectivity index (χ2v) is 7.90. The van der Waals surface area contributed by atoms with Crippen molar-refractivity contribution in [3.05, 3.63) is 101 Å².